The van der Waals surface area contributed by atoms with Crippen LogP contribution in [0.1, 0.15) is 42.0 Å². The van der Waals surface area contributed by atoms with E-state index >= 15 is 0 Å². The number of nitrogens with one attached hydrogen (secondary N) is 2. The van der Waals surface area contributed by atoms with E-state index in [9.17, 15) is 4.79 Å². The third-order valence-electron chi connectivity index (χ3n) is 5.07. The molecule has 2 aromatic heterocycles. The van der Waals surface area contributed by atoms with Crippen molar-refractivity contribution in [3.05, 3.63) is 48.3 Å². The number of aromatic nitrogens is 4. The number of H-pyrrole nitrogens is 1. The maximum atomic E-state index is 12.9. The van der Waals surface area contributed by atoms with Gasteiger partial charge in [0.15, 0.2) is 0 Å². The topological polar surface area (TPSA) is 84.8 Å². The highest BCUT2D eigenvalue weighted by atomic mass is 16.5. The summed E-state index contributed by atoms with van der Waals surface area (Å²) in [6.45, 7) is 4.36. The SMILES string of the molecule is CCn1ccnc1C(NC(=O)c1ccc2nc[nH]c2c1)C1CCOCC1. The summed E-state index contributed by atoms with van der Waals surface area (Å²) in [5.41, 5.74) is 2.33. The molecule has 4 rings (SSSR count). The van der Waals surface area contributed by atoms with E-state index in [0.29, 0.717) is 11.5 Å². The lowest BCUT2D eigenvalue weighted by Gasteiger charge is -2.31. The molecule has 0 spiro atoms. The summed E-state index contributed by atoms with van der Waals surface area (Å²) < 4.78 is 7.60. The van der Waals surface area contributed by atoms with Gasteiger partial charge in [-0.2, -0.15) is 0 Å². The van der Waals surface area contributed by atoms with E-state index in [1.165, 1.54) is 0 Å². The first-order valence-corrected chi connectivity index (χ1v) is 9.09. The number of hydrogen-bond acceptors (Lipinski definition) is 4. The van der Waals surface area contributed by atoms with Gasteiger partial charge in [0.2, 0.25) is 0 Å². The lowest BCUT2D eigenvalue weighted by Crippen LogP contribution is -2.37. The van der Waals surface area contributed by atoms with Crippen molar-refractivity contribution in [2.24, 2.45) is 5.92 Å². The van der Waals surface area contributed by atoms with Crippen LogP contribution in [0.5, 0.6) is 0 Å². The molecule has 1 aliphatic rings. The summed E-state index contributed by atoms with van der Waals surface area (Å²) in [6.07, 6.45) is 7.23. The molecule has 0 bridgehead atoms. The number of ether oxygens (including phenoxy) is 1. The number of carbonyl (C=O) groups is 1. The van der Waals surface area contributed by atoms with Crippen molar-refractivity contribution in [1.29, 1.82) is 0 Å². The van der Waals surface area contributed by atoms with Gasteiger partial charge >= 0.3 is 0 Å². The Hall–Kier alpha value is -2.67. The summed E-state index contributed by atoms with van der Waals surface area (Å²) in [5.74, 6) is 1.13. The number of aryl methyl sites for hydroxylation is 1. The number of hydrogen-bond donors (Lipinski definition) is 2. The number of amides is 1. The molecule has 1 amide bonds. The lowest BCUT2D eigenvalue weighted by atomic mass is 9.90. The van der Waals surface area contributed by atoms with Gasteiger partial charge in [0.1, 0.15) is 5.82 Å². The van der Waals surface area contributed by atoms with Crippen LogP contribution in [-0.2, 0) is 11.3 Å². The van der Waals surface area contributed by atoms with Crippen LogP contribution in [0.2, 0.25) is 0 Å². The van der Waals surface area contributed by atoms with Gasteiger partial charge in [0.25, 0.3) is 5.91 Å². The van der Waals surface area contributed by atoms with Gasteiger partial charge in [-0.25, -0.2) is 9.97 Å². The normalized spacial score (nSPS) is 16.7. The Morgan fingerprint density at radius 3 is 3.04 bits per heavy atom. The molecule has 136 valence electrons. The Labute approximate surface area is 151 Å². The summed E-state index contributed by atoms with van der Waals surface area (Å²) in [4.78, 5) is 24.7. The molecule has 1 unspecified atom stereocenters. The van der Waals surface area contributed by atoms with Crippen LogP contribution in [0.25, 0.3) is 11.0 Å². The first kappa shape index (κ1) is 16.8. The zero-order valence-electron chi connectivity index (χ0n) is 14.8. The highest BCUT2D eigenvalue weighted by Crippen LogP contribution is 2.30. The molecule has 1 aromatic carbocycles. The summed E-state index contributed by atoms with van der Waals surface area (Å²) in [6, 6.07) is 5.38. The second-order valence-electron chi connectivity index (χ2n) is 6.61. The van der Waals surface area contributed by atoms with Crippen molar-refractivity contribution < 1.29 is 9.53 Å². The Kier molecular flexibility index (Phi) is 4.71. The van der Waals surface area contributed by atoms with Gasteiger partial charge in [-0.1, -0.05) is 0 Å². The Morgan fingerprint density at radius 1 is 1.38 bits per heavy atom. The van der Waals surface area contributed by atoms with E-state index < -0.39 is 0 Å². The predicted octanol–water partition coefficient (Wildman–Crippen LogP) is 2.68. The first-order chi connectivity index (χ1) is 12.8. The fourth-order valence-electron chi connectivity index (χ4n) is 3.61. The quantitative estimate of drug-likeness (QED) is 0.738. The minimum absolute atomic E-state index is 0.0938. The minimum atomic E-state index is -0.126. The second kappa shape index (κ2) is 7.29. The van der Waals surface area contributed by atoms with Gasteiger partial charge in [0.05, 0.1) is 23.4 Å². The number of carbonyl (C=O) groups excluding carboxylic acids is 1. The van der Waals surface area contributed by atoms with Crippen LogP contribution in [0.4, 0.5) is 0 Å². The Balaban J connectivity index is 1.61. The maximum absolute atomic E-state index is 12.9. The van der Waals surface area contributed by atoms with Crippen molar-refractivity contribution >= 4 is 16.9 Å². The minimum Gasteiger partial charge on any atom is -0.381 e. The monoisotopic (exact) mass is 353 g/mol. The number of imidazole rings is 2. The number of benzene rings is 1. The molecule has 1 fully saturated rings. The molecular weight excluding hydrogens is 330 g/mol. The average molecular weight is 353 g/mol. The maximum Gasteiger partial charge on any atom is 0.251 e. The molecule has 7 heteroatoms. The first-order valence-electron chi connectivity index (χ1n) is 9.09. The molecule has 0 radical (unpaired) electrons. The van der Waals surface area contributed by atoms with E-state index in [-0.39, 0.29) is 11.9 Å². The predicted molar refractivity (Wildman–Crippen MR) is 97.7 cm³/mol. The smallest absolute Gasteiger partial charge is 0.251 e. The molecular formula is C19H23N5O2. The zero-order valence-corrected chi connectivity index (χ0v) is 14.8. The second-order valence-corrected chi connectivity index (χ2v) is 6.61. The van der Waals surface area contributed by atoms with Crippen LogP contribution in [0.15, 0.2) is 36.9 Å². The van der Waals surface area contributed by atoms with Gasteiger partial charge < -0.3 is 19.6 Å². The van der Waals surface area contributed by atoms with E-state index in [1.54, 1.807) is 12.5 Å². The molecule has 7 nitrogen and oxygen atoms in total. The van der Waals surface area contributed by atoms with E-state index in [2.05, 4.69) is 31.8 Å². The van der Waals surface area contributed by atoms with Gasteiger partial charge in [-0.05, 0) is 43.9 Å². The fourth-order valence-corrected chi connectivity index (χ4v) is 3.61. The third kappa shape index (κ3) is 3.22. The number of fused-ring (bicyclic) bond motifs is 1. The van der Waals surface area contributed by atoms with E-state index in [0.717, 1.165) is 49.5 Å². The molecule has 0 saturated carbocycles. The standard InChI is InChI=1S/C19H23N5O2/c1-2-24-8-7-20-18(24)17(13-5-9-26-10-6-13)23-19(25)14-3-4-15-16(11-14)22-12-21-15/h3-4,7-8,11-13,17H,2,5-6,9-10H2,1H3,(H,21,22)(H,23,25). The molecule has 2 N–H and O–H groups in total. The molecule has 1 saturated heterocycles. The van der Waals surface area contributed by atoms with Crippen LogP contribution in [-0.4, -0.2) is 38.6 Å². The van der Waals surface area contributed by atoms with Gasteiger partial charge in [-0.15, -0.1) is 0 Å². The molecule has 1 aliphatic heterocycles. The van der Waals surface area contributed by atoms with Crippen molar-refractivity contribution in [2.45, 2.75) is 32.4 Å². The van der Waals surface area contributed by atoms with Crippen molar-refractivity contribution in [2.75, 3.05) is 13.2 Å². The highest BCUT2D eigenvalue weighted by Gasteiger charge is 2.30. The van der Waals surface area contributed by atoms with Crippen molar-refractivity contribution in [3.63, 3.8) is 0 Å². The Morgan fingerprint density at radius 2 is 2.23 bits per heavy atom. The third-order valence-corrected chi connectivity index (χ3v) is 5.07. The van der Waals surface area contributed by atoms with E-state index in [1.807, 2.05) is 24.4 Å². The van der Waals surface area contributed by atoms with Gasteiger partial charge in [-0.3, -0.25) is 4.79 Å². The van der Waals surface area contributed by atoms with Crippen molar-refractivity contribution in [3.8, 4) is 0 Å². The highest BCUT2D eigenvalue weighted by molar-refractivity contribution is 5.97. The van der Waals surface area contributed by atoms with Crippen LogP contribution < -0.4 is 5.32 Å². The number of aromatic amines is 1. The fraction of sp³-hybridized carbons (Fsp3) is 0.421. The van der Waals surface area contributed by atoms with Gasteiger partial charge in [0, 0.05) is 37.7 Å². The van der Waals surface area contributed by atoms with Crippen LogP contribution in [0.3, 0.4) is 0 Å². The van der Waals surface area contributed by atoms with Crippen molar-refractivity contribution in [1.82, 2.24) is 24.8 Å². The average Bonchev–Trinajstić information content (AvgIpc) is 3.34. The Bertz CT molecular complexity index is 894. The summed E-state index contributed by atoms with van der Waals surface area (Å²) >= 11 is 0. The summed E-state index contributed by atoms with van der Waals surface area (Å²) in [7, 11) is 0. The van der Waals surface area contributed by atoms with Crippen LogP contribution in [0, 0.1) is 5.92 Å². The molecule has 3 aromatic rings. The van der Waals surface area contributed by atoms with Crippen LogP contribution >= 0.6 is 0 Å². The van der Waals surface area contributed by atoms with E-state index in [4.69, 9.17) is 4.74 Å². The largest absolute Gasteiger partial charge is 0.381 e. The number of rotatable bonds is 5. The lowest BCUT2D eigenvalue weighted by molar-refractivity contribution is 0.0498. The molecule has 3 heterocycles. The molecule has 0 aliphatic carbocycles. The summed E-state index contributed by atoms with van der Waals surface area (Å²) in [5, 5.41) is 3.22. The molecule has 1 atom stereocenters. The number of nitrogens with zero attached hydrogens (tertiary/aromatic N) is 3. The zero-order chi connectivity index (χ0) is 17.9. The molecule has 26 heavy (non-hydrogen) atoms.